The first-order valence-corrected chi connectivity index (χ1v) is 10.4. The number of halogens is 1. The molecule has 5 heteroatoms. The summed E-state index contributed by atoms with van der Waals surface area (Å²) in [6.07, 6.45) is 0. The predicted octanol–water partition coefficient (Wildman–Crippen LogP) is 5.14. The zero-order chi connectivity index (χ0) is 21.1. The van der Waals surface area contributed by atoms with E-state index in [1.54, 1.807) is 19.0 Å². The van der Waals surface area contributed by atoms with Gasteiger partial charge in [0.25, 0.3) is 5.91 Å². The summed E-state index contributed by atoms with van der Waals surface area (Å²) >= 11 is 6.48. The molecular weight excluding hydrogens is 396 g/mol. The summed E-state index contributed by atoms with van der Waals surface area (Å²) in [6.45, 7) is 3.20. The van der Waals surface area contributed by atoms with Gasteiger partial charge in [0.15, 0.2) is 0 Å². The monoisotopic (exact) mass is 420 g/mol. The highest BCUT2D eigenvalue weighted by Crippen LogP contribution is 2.29. The molecule has 1 heterocycles. The Bertz CT molecular complexity index is 1020. The minimum atomic E-state index is -0.0119. The Morgan fingerprint density at radius 3 is 2.20 bits per heavy atom. The second-order valence-corrected chi connectivity index (χ2v) is 8.27. The number of amides is 1. The molecule has 0 spiro atoms. The lowest BCUT2D eigenvalue weighted by Gasteiger charge is -2.16. The summed E-state index contributed by atoms with van der Waals surface area (Å²) in [5, 5.41) is 0.614. The van der Waals surface area contributed by atoms with E-state index in [1.165, 1.54) is 16.7 Å². The molecule has 3 aromatic rings. The standard InChI is InChI=1S/C25H25ClN2O2/c1-27(2)25(29)20-10-7-18(8-11-20)17-30-24-12-9-19(13-23(24)26)14-28-15-21-5-3-4-6-22(21)16-28/h3-13H,14-17H2,1-2H3. The molecule has 1 amide bonds. The van der Waals surface area contributed by atoms with Gasteiger partial charge >= 0.3 is 0 Å². The maximum Gasteiger partial charge on any atom is 0.253 e. The first-order chi connectivity index (χ1) is 14.5. The van der Waals surface area contributed by atoms with Gasteiger partial charge in [-0.05, 0) is 46.5 Å². The molecule has 0 saturated carbocycles. The van der Waals surface area contributed by atoms with Crippen LogP contribution in [-0.4, -0.2) is 29.8 Å². The molecule has 3 aromatic carbocycles. The molecule has 0 unspecified atom stereocenters. The lowest BCUT2D eigenvalue weighted by Crippen LogP contribution is -2.21. The normalized spacial score (nSPS) is 13.2. The quantitative estimate of drug-likeness (QED) is 0.553. The molecule has 4 nitrogen and oxygen atoms in total. The third-order valence-corrected chi connectivity index (χ3v) is 5.61. The van der Waals surface area contributed by atoms with Crippen molar-refractivity contribution in [2.75, 3.05) is 14.1 Å². The van der Waals surface area contributed by atoms with E-state index in [1.807, 2.05) is 36.4 Å². The van der Waals surface area contributed by atoms with Crippen LogP contribution in [-0.2, 0) is 26.2 Å². The topological polar surface area (TPSA) is 32.8 Å². The van der Waals surface area contributed by atoms with Gasteiger partial charge in [-0.15, -0.1) is 0 Å². The summed E-state index contributed by atoms with van der Waals surface area (Å²) in [4.78, 5) is 15.9. The summed E-state index contributed by atoms with van der Waals surface area (Å²) in [6, 6.07) is 22.0. The number of nitrogens with zero attached hydrogens (tertiary/aromatic N) is 2. The fraction of sp³-hybridized carbons (Fsp3) is 0.240. The Morgan fingerprint density at radius 1 is 0.967 bits per heavy atom. The number of ether oxygens (including phenoxy) is 1. The second kappa shape index (κ2) is 8.90. The van der Waals surface area contributed by atoms with Crippen LogP contribution in [0.1, 0.15) is 32.6 Å². The molecule has 1 aliphatic heterocycles. The molecule has 0 atom stereocenters. The van der Waals surface area contributed by atoms with Gasteiger partial charge in [0, 0.05) is 39.3 Å². The van der Waals surface area contributed by atoms with Gasteiger partial charge in [0.2, 0.25) is 0 Å². The van der Waals surface area contributed by atoms with E-state index in [-0.39, 0.29) is 5.91 Å². The third-order valence-electron chi connectivity index (χ3n) is 5.31. The summed E-state index contributed by atoms with van der Waals surface area (Å²) in [7, 11) is 3.49. The molecule has 0 aromatic heterocycles. The van der Waals surface area contributed by atoms with Gasteiger partial charge in [0.05, 0.1) is 5.02 Å². The number of hydrogen-bond acceptors (Lipinski definition) is 3. The predicted molar refractivity (Wildman–Crippen MR) is 120 cm³/mol. The van der Waals surface area contributed by atoms with Crippen molar-refractivity contribution in [2.24, 2.45) is 0 Å². The Labute approximate surface area is 182 Å². The van der Waals surface area contributed by atoms with Gasteiger partial charge in [-0.25, -0.2) is 0 Å². The van der Waals surface area contributed by atoms with E-state index in [4.69, 9.17) is 16.3 Å². The summed E-state index contributed by atoms with van der Waals surface area (Å²) < 4.78 is 5.91. The van der Waals surface area contributed by atoms with Crippen LogP contribution >= 0.6 is 11.6 Å². The van der Waals surface area contributed by atoms with Crippen molar-refractivity contribution >= 4 is 17.5 Å². The third kappa shape index (κ3) is 4.66. The molecule has 4 rings (SSSR count). The van der Waals surface area contributed by atoms with Crippen LogP contribution < -0.4 is 4.74 Å². The Kier molecular flexibility index (Phi) is 6.07. The number of fused-ring (bicyclic) bond motifs is 1. The summed E-state index contributed by atoms with van der Waals surface area (Å²) in [5.41, 5.74) is 5.63. The molecule has 0 bridgehead atoms. The Hall–Kier alpha value is -2.82. The fourth-order valence-corrected chi connectivity index (χ4v) is 3.95. The minimum absolute atomic E-state index is 0.0119. The van der Waals surface area contributed by atoms with Gasteiger partial charge < -0.3 is 9.64 Å². The second-order valence-electron chi connectivity index (χ2n) is 7.86. The number of carbonyl (C=O) groups excluding carboxylic acids is 1. The Balaban J connectivity index is 1.34. The highest BCUT2D eigenvalue weighted by atomic mass is 35.5. The highest BCUT2D eigenvalue weighted by molar-refractivity contribution is 6.32. The van der Waals surface area contributed by atoms with Crippen molar-refractivity contribution in [1.82, 2.24) is 9.80 Å². The highest BCUT2D eigenvalue weighted by Gasteiger charge is 2.18. The van der Waals surface area contributed by atoms with Crippen molar-refractivity contribution < 1.29 is 9.53 Å². The molecule has 30 heavy (non-hydrogen) atoms. The molecule has 0 radical (unpaired) electrons. The van der Waals surface area contributed by atoms with E-state index >= 15 is 0 Å². The first-order valence-electron chi connectivity index (χ1n) is 10.0. The van der Waals surface area contributed by atoms with Crippen molar-refractivity contribution in [1.29, 1.82) is 0 Å². The SMILES string of the molecule is CN(C)C(=O)c1ccc(COc2ccc(CN3Cc4ccccc4C3)cc2Cl)cc1. The molecule has 1 aliphatic rings. The van der Waals surface area contributed by atoms with Crippen LogP contribution in [0, 0.1) is 0 Å². The van der Waals surface area contributed by atoms with Crippen LogP contribution in [0.2, 0.25) is 5.02 Å². The molecule has 0 saturated heterocycles. The molecule has 0 fully saturated rings. The fourth-order valence-electron chi connectivity index (χ4n) is 3.70. The zero-order valence-electron chi connectivity index (χ0n) is 17.3. The van der Waals surface area contributed by atoms with Crippen LogP contribution in [0.25, 0.3) is 0 Å². The van der Waals surface area contributed by atoms with Crippen LogP contribution in [0.15, 0.2) is 66.7 Å². The average molecular weight is 421 g/mol. The number of carbonyl (C=O) groups is 1. The average Bonchev–Trinajstić information content (AvgIpc) is 3.15. The molecular formula is C25H25ClN2O2. The lowest BCUT2D eigenvalue weighted by molar-refractivity contribution is 0.0827. The van der Waals surface area contributed by atoms with Crippen molar-refractivity contribution in [3.8, 4) is 5.75 Å². The lowest BCUT2D eigenvalue weighted by atomic mass is 10.1. The number of hydrogen-bond donors (Lipinski definition) is 0. The van der Waals surface area contributed by atoms with Crippen LogP contribution in [0.3, 0.4) is 0 Å². The first kappa shape index (κ1) is 20.5. The van der Waals surface area contributed by atoms with Gasteiger partial charge in [-0.3, -0.25) is 9.69 Å². The van der Waals surface area contributed by atoms with Crippen molar-refractivity contribution in [2.45, 2.75) is 26.2 Å². The maximum atomic E-state index is 12.0. The van der Waals surface area contributed by atoms with E-state index in [9.17, 15) is 4.79 Å². The van der Waals surface area contributed by atoms with E-state index in [0.717, 1.165) is 25.2 Å². The number of rotatable bonds is 6. The van der Waals surface area contributed by atoms with E-state index in [2.05, 4.69) is 35.2 Å². The maximum absolute atomic E-state index is 12.0. The Morgan fingerprint density at radius 2 is 1.60 bits per heavy atom. The van der Waals surface area contributed by atoms with Gasteiger partial charge in [-0.1, -0.05) is 54.1 Å². The van der Waals surface area contributed by atoms with Gasteiger partial charge in [-0.2, -0.15) is 0 Å². The largest absolute Gasteiger partial charge is 0.487 e. The minimum Gasteiger partial charge on any atom is -0.487 e. The van der Waals surface area contributed by atoms with Gasteiger partial charge in [0.1, 0.15) is 12.4 Å². The van der Waals surface area contributed by atoms with Crippen molar-refractivity contribution in [3.05, 3.63) is 99.6 Å². The molecule has 0 N–H and O–H groups in total. The van der Waals surface area contributed by atoms with E-state index in [0.29, 0.717) is 22.9 Å². The zero-order valence-corrected chi connectivity index (χ0v) is 18.0. The summed E-state index contributed by atoms with van der Waals surface area (Å²) in [5.74, 6) is 0.653. The smallest absolute Gasteiger partial charge is 0.253 e. The van der Waals surface area contributed by atoms with Crippen molar-refractivity contribution in [3.63, 3.8) is 0 Å². The van der Waals surface area contributed by atoms with E-state index < -0.39 is 0 Å². The van der Waals surface area contributed by atoms with Crippen LogP contribution in [0.4, 0.5) is 0 Å². The molecule has 154 valence electrons. The van der Waals surface area contributed by atoms with Crippen LogP contribution in [0.5, 0.6) is 5.75 Å². The number of benzene rings is 3. The molecule has 0 aliphatic carbocycles.